The second kappa shape index (κ2) is 3.59. The topological polar surface area (TPSA) is 72.7 Å². The molecule has 0 aromatic rings. The Labute approximate surface area is 62.5 Å². The summed E-state index contributed by atoms with van der Waals surface area (Å²) in [6.45, 7) is -1.10. The summed E-state index contributed by atoms with van der Waals surface area (Å²) in [7, 11) is -4.77. The SMILES string of the molecule is OCCNS(O)(O)C(F)(F)F. The molecule has 0 saturated carbocycles. The van der Waals surface area contributed by atoms with Gasteiger partial charge in [0.1, 0.15) is 0 Å². The number of alkyl halides is 3. The van der Waals surface area contributed by atoms with Gasteiger partial charge in [0.05, 0.1) is 6.61 Å². The molecule has 11 heavy (non-hydrogen) atoms. The van der Waals surface area contributed by atoms with Gasteiger partial charge in [-0.1, -0.05) is 0 Å². The van der Waals surface area contributed by atoms with Gasteiger partial charge in [-0.25, -0.2) is 4.72 Å². The number of aliphatic hydroxyl groups is 1. The normalized spacial score (nSPS) is 15.1. The van der Waals surface area contributed by atoms with Crippen LogP contribution in [0.1, 0.15) is 0 Å². The predicted molar refractivity (Wildman–Crippen MR) is 34.0 cm³/mol. The van der Waals surface area contributed by atoms with Crippen LogP contribution >= 0.6 is 10.8 Å². The summed E-state index contributed by atoms with van der Waals surface area (Å²) in [4.78, 5) is 0. The van der Waals surface area contributed by atoms with Crippen molar-refractivity contribution < 1.29 is 27.4 Å². The standard InChI is InChI=1S/C3H8F3NO3S/c4-3(5,6)11(9,10)7-1-2-8/h7-10H,1-2H2. The largest absolute Gasteiger partial charge is 0.509 e. The molecule has 0 heterocycles. The second-order valence-electron chi connectivity index (χ2n) is 1.61. The van der Waals surface area contributed by atoms with E-state index in [0.717, 1.165) is 0 Å². The summed E-state index contributed by atoms with van der Waals surface area (Å²) in [5.74, 6) is 0. The van der Waals surface area contributed by atoms with Gasteiger partial charge in [0.15, 0.2) is 0 Å². The first-order valence-corrected chi connectivity index (χ1v) is 4.06. The lowest BCUT2D eigenvalue weighted by Crippen LogP contribution is -2.33. The Morgan fingerprint density at radius 1 is 1.27 bits per heavy atom. The molecule has 8 heteroatoms. The molecule has 0 aromatic heterocycles. The number of halogens is 3. The lowest BCUT2D eigenvalue weighted by atomic mass is 10.8. The van der Waals surface area contributed by atoms with Gasteiger partial charge in [0, 0.05) is 6.54 Å². The summed E-state index contributed by atoms with van der Waals surface area (Å²) in [6, 6.07) is 0. The Bertz CT molecular complexity index is 127. The molecule has 0 aliphatic rings. The lowest BCUT2D eigenvalue weighted by Gasteiger charge is -2.33. The Morgan fingerprint density at radius 2 is 1.73 bits per heavy atom. The van der Waals surface area contributed by atoms with E-state index in [9.17, 15) is 13.2 Å². The molecule has 0 fully saturated rings. The third kappa shape index (κ3) is 3.25. The molecular weight excluding hydrogens is 187 g/mol. The molecule has 0 aromatic carbocycles. The highest BCUT2D eigenvalue weighted by atomic mass is 32.3. The second-order valence-corrected chi connectivity index (χ2v) is 3.46. The van der Waals surface area contributed by atoms with Gasteiger partial charge in [-0.15, -0.1) is 0 Å². The van der Waals surface area contributed by atoms with E-state index in [0.29, 0.717) is 0 Å². The molecule has 0 spiro atoms. The Balaban J connectivity index is 4.00. The first-order valence-electron chi connectivity index (χ1n) is 2.51. The smallest absolute Gasteiger partial charge is 0.395 e. The number of hydrogen-bond donors (Lipinski definition) is 4. The van der Waals surface area contributed by atoms with E-state index < -0.39 is 29.4 Å². The first-order chi connectivity index (χ1) is 4.81. The summed E-state index contributed by atoms with van der Waals surface area (Å²) < 4.78 is 52.6. The van der Waals surface area contributed by atoms with Crippen LogP contribution in [0.25, 0.3) is 0 Å². The summed E-state index contributed by atoms with van der Waals surface area (Å²) in [6.07, 6.45) is 0. The van der Waals surface area contributed by atoms with Gasteiger partial charge in [-0.2, -0.15) is 13.2 Å². The van der Waals surface area contributed by atoms with Gasteiger partial charge < -0.3 is 5.11 Å². The van der Waals surface area contributed by atoms with Crippen LogP contribution in [0.15, 0.2) is 0 Å². The van der Waals surface area contributed by atoms with Crippen LogP contribution in [0, 0.1) is 0 Å². The van der Waals surface area contributed by atoms with E-state index in [1.165, 1.54) is 4.72 Å². The van der Waals surface area contributed by atoms with Crippen molar-refractivity contribution in [3.05, 3.63) is 0 Å². The minimum atomic E-state index is -5.08. The number of rotatable bonds is 3. The minimum Gasteiger partial charge on any atom is -0.395 e. The zero-order valence-corrected chi connectivity index (χ0v) is 6.11. The molecule has 0 bridgehead atoms. The monoisotopic (exact) mass is 195 g/mol. The van der Waals surface area contributed by atoms with E-state index >= 15 is 0 Å². The highest BCUT2D eigenvalue weighted by Gasteiger charge is 2.45. The Kier molecular flexibility index (Phi) is 3.58. The third-order valence-corrected chi connectivity index (χ3v) is 1.99. The number of nitrogens with one attached hydrogen (secondary N) is 1. The maximum atomic E-state index is 11.5. The molecule has 70 valence electrons. The summed E-state index contributed by atoms with van der Waals surface area (Å²) in [5.41, 5.74) is -5.08. The van der Waals surface area contributed by atoms with Crippen LogP contribution in [-0.4, -0.2) is 32.9 Å². The zero-order valence-electron chi connectivity index (χ0n) is 5.30. The Hall–Kier alpha value is -0.0200. The molecule has 0 aliphatic heterocycles. The van der Waals surface area contributed by atoms with E-state index in [2.05, 4.69) is 0 Å². The van der Waals surface area contributed by atoms with Crippen LogP contribution in [-0.2, 0) is 0 Å². The van der Waals surface area contributed by atoms with Gasteiger partial charge in [-0.05, 0) is 10.8 Å². The lowest BCUT2D eigenvalue weighted by molar-refractivity contribution is -0.0543. The van der Waals surface area contributed by atoms with Crippen molar-refractivity contribution in [3.63, 3.8) is 0 Å². The first kappa shape index (κ1) is 11.0. The zero-order chi connectivity index (χ0) is 9.12. The fourth-order valence-corrected chi connectivity index (χ4v) is 0.809. The van der Waals surface area contributed by atoms with Crippen molar-refractivity contribution in [1.82, 2.24) is 4.72 Å². The van der Waals surface area contributed by atoms with Gasteiger partial charge in [0.25, 0.3) is 0 Å². The Morgan fingerprint density at radius 3 is 2.00 bits per heavy atom. The maximum absolute atomic E-state index is 11.5. The summed E-state index contributed by atoms with van der Waals surface area (Å²) >= 11 is 0. The molecule has 0 rings (SSSR count). The molecule has 0 amide bonds. The third-order valence-electron chi connectivity index (χ3n) is 0.738. The van der Waals surface area contributed by atoms with Gasteiger partial charge in [-0.3, -0.25) is 9.11 Å². The highest BCUT2D eigenvalue weighted by molar-refractivity contribution is 8.23. The van der Waals surface area contributed by atoms with Crippen molar-refractivity contribution in [2.24, 2.45) is 0 Å². The average molecular weight is 195 g/mol. The fraction of sp³-hybridized carbons (Fsp3) is 1.00. The molecule has 4 N–H and O–H groups in total. The van der Waals surface area contributed by atoms with Gasteiger partial charge in [0.2, 0.25) is 0 Å². The molecule has 0 atom stereocenters. The number of hydrogen-bond acceptors (Lipinski definition) is 4. The van der Waals surface area contributed by atoms with Crippen LogP contribution in [0.4, 0.5) is 13.2 Å². The predicted octanol–water partition coefficient (Wildman–Crippen LogP) is 0.754. The van der Waals surface area contributed by atoms with E-state index in [-0.39, 0.29) is 0 Å². The number of aliphatic hydroxyl groups excluding tert-OH is 1. The van der Waals surface area contributed by atoms with E-state index in [4.69, 9.17) is 14.2 Å². The minimum absolute atomic E-state index is 0.512. The van der Waals surface area contributed by atoms with Crippen molar-refractivity contribution in [2.45, 2.75) is 5.51 Å². The fourth-order valence-electron chi connectivity index (χ4n) is 0.270. The average Bonchev–Trinajstić information content (AvgIpc) is 1.81. The van der Waals surface area contributed by atoms with Crippen molar-refractivity contribution in [3.8, 4) is 0 Å². The summed E-state index contributed by atoms with van der Waals surface area (Å²) in [5, 5.41) is 8.06. The quantitative estimate of drug-likeness (QED) is 0.536. The van der Waals surface area contributed by atoms with E-state index in [1.807, 2.05) is 0 Å². The maximum Gasteiger partial charge on any atom is 0.509 e. The molecule has 0 saturated heterocycles. The van der Waals surface area contributed by atoms with Gasteiger partial charge >= 0.3 is 5.51 Å². The van der Waals surface area contributed by atoms with Crippen LogP contribution < -0.4 is 4.72 Å². The molecule has 4 nitrogen and oxygen atoms in total. The molecule has 0 unspecified atom stereocenters. The van der Waals surface area contributed by atoms with Crippen LogP contribution in [0.2, 0.25) is 0 Å². The van der Waals surface area contributed by atoms with E-state index in [1.54, 1.807) is 0 Å². The molecular formula is C3H8F3NO3S. The van der Waals surface area contributed by atoms with Crippen molar-refractivity contribution in [2.75, 3.05) is 13.2 Å². The van der Waals surface area contributed by atoms with Crippen molar-refractivity contribution in [1.29, 1.82) is 0 Å². The molecule has 0 radical (unpaired) electrons. The van der Waals surface area contributed by atoms with Crippen LogP contribution in [0.3, 0.4) is 0 Å². The van der Waals surface area contributed by atoms with Crippen molar-refractivity contribution >= 4 is 10.8 Å². The molecule has 0 aliphatic carbocycles. The highest BCUT2D eigenvalue weighted by Crippen LogP contribution is 2.51. The van der Waals surface area contributed by atoms with Crippen LogP contribution in [0.5, 0.6) is 0 Å².